The zero-order chi connectivity index (χ0) is 18.3. The Morgan fingerprint density at radius 2 is 2.00 bits per heavy atom. The minimum atomic E-state index is -0.190. The van der Waals surface area contributed by atoms with Crippen LogP contribution in [-0.2, 0) is 0 Å². The van der Waals surface area contributed by atoms with Gasteiger partial charge in [-0.3, -0.25) is 9.36 Å². The Kier molecular flexibility index (Phi) is 4.32. The van der Waals surface area contributed by atoms with Gasteiger partial charge in [0.05, 0.1) is 5.75 Å². The van der Waals surface area contributed by atoms with E-state index in [9.17, 15) is 9.59 Å². The van der Waals surface area contributed by atoms with Gasteiger partial charge in [-0.05, 0) is 44.9 Å². The van der Waals surface area contributed by atoms with Gasteiger partial charge in [0.25, 0.3) is 0 Å². The SMILES string of the molecule is Cc1cc(C(=O)CSc2n[nH]c(=O)n2C2CC2)c(C)n1-c1ccccc1. The molecule has 4 rings (SSSR count). The van der Waals surface area contributed by atoms with Crippen LogP contribution in [0.4, 0.5) is 0 Å². The van der Waals surface area contributed by atoms with Gasteiger partial charge in [-0.1, -0.05) is 30.0 Å². The number of rotatable bonds is 6. The Balaban J connectivity index is 1.55. The molecule has 1 aliphatic carbocycles. The van der Waals surface area contributed by atoms with Gasteiger partial charge < -0.3 is 4.57 Å². The summed E-state index contributed by atoms with van der Waals surface area (Å²) in [5.41, 5.74) is 3.53. The normalized spacial score (nSPS) is 13.9. The number of para-hydroxylation sites is 1. The second-order valence-electron chi connectivity index (χ2n) is 6.58. The number of thioether (sulfide) groups is 1. The Hall–Kier alpha value is -2.54. The standard InChI is InChI=1S/C19H20N4O2S/c1-12-10-16(13(2)22(12)14-6-4-3-5-7-14)17(24)11-26-19-21-20-18(25)23(19)15-8-9-15/h3-7,10,15H,8-9,11H2,1-2H3,(H,20,25). The number of carbonyl (C=O) groups excluding carboxylic acids is 1. The lowest BCUT2D eigenvalue weighted by atomic mass is 10.2. The summed E-state index contributed by atoms with van der Waals surface area (Å²) in [6.45, 7) is 3.97. The molecule has 1 saturated carbocycles. The van der Waals surface area contributed by atoms with Crippen LogP contribution in [0, 0.1) is 13.8 Å². The third-order valence-corrected chi connectivity index (χ3v) is 5.62. The van der Waals surface area contributed by atoms with Crippen molar-refractivity contribution >= 4 is 17.5 Å². The third kappa shape index (κ3) is 3.03. The first-order valence-corrected chi connectivity index (χ1v) is 9.62. The monoisotopic (exact) mass is 368 g/mol. The second kappa shape index (κ2) is 6.64. The fraction of sp³-hybridized carbons (Fsp3) is 0.316. The van der Waals surface area contributed by atoms with Gasteiger partial charge in [-0.25, -0.2) is 9.89 Å². The number of benzene rings is 1. The van der Waals surface area contributed by atoms with Crippen LogP contribution >= 0.6 is 11.8 Å². The van der Waals surface area contributed by atoms with Crippen LogP contribution in [0.25, 0.3) is 5.69 Å². The summed E-state index contributed by atoms with van der Waals surface area (Å²) in [6.07, 6.45) is 2.00. The molecule has 0 atom stereocenters. The van der Waals surface area contributed by atoms with Crippen molar-refractivity contribution in [1.29, 1.82) is 0 Å². The fourth-order valence-corrected chi connectivity index (χ4v) is 4.17. The van der Waals surface area contributed by atoms with Crippen molar-refractivity contribution in [3.63, 3.8) is 0 Å². The van der Waals surface area contributed by atoms with Crippen LogP contribution in [0.1, 0.15) is 40.6 Å². The van der Waals surface area contributed by atoms with Crippen LogP contribution in [-0.4, -0.2) is 30.9 Å². The molecule has 0 unspecified atom stereocenters. The van der Waals surface area contributed by atoms with Crippen LogP contribution in [0.5, 0.6) is 0 Å². The smallest absolute Gasteiger partial charge is 0.318 e. The molecule has 26 heavy (non-hydrogen) atoms. The number of ketones is 1. The molecule has 0 saturated heterocycles. The number of hydrogen-bond donors (Lipinski definition) is 1. The van der Waals surface area contributed by atoms with Crippen molar-refractivity contribution in [3.05, 3.63) is 63.8 Å². The number of aromatic nitrogens is 4. The Labute approximate surface area is 155 Å². The first kappa shape index (κ1) is 16.9. The van der Waals surface area contributed by atoms with E-state index in [0.717, 1.165) is 35.5 Å². The van der Waals surface area contributed by atoms with E-state index >= 15 is 0 Å². The Morgan fingerprint density at radius 3 is 2.69 bits per heavy atom. The van der Waals surface area contributed by atoms with Crippen molar-refractivity contribution in [2.45, 2.75) is 37.9 Å². The maximum atomic E-state index is 12.8. The van der Waals surface area contributed by atoms with E-state index in [-0.39, 0.29) is 23.3 Å². The van der Waals surface area contributed by atoms with Crippen LogP contribution in [0.2, 0.25) is 0 Å². The molecule has 2 heterocycles. The largest absolute Gasteiger partial charge is 0.344 e. The van der Waals surface area contributed by atoms with Gasteiger partial charge in [0.1, 0.15) is 0 Å². The summed E-state index contributed by atoms with van der Waals surface area (Å²) >= 11 is 1.32. The molecule has 2 aromatic heterocycles. The molecule has 6 nitrogen and oxygen atoms in total. The first-order chi connectivity index (χ1) is 12.6. The van der Waals surface area contributed by atoms with Crippen LogP contribution in [0.15, 0.2) is 46.3 Å². The fourth-order valence-electron chi connectivity index (χ4n) is 3.27. The quantitative estimate of drug-likeness (QED) is 0.535. The van der Waals surface area contributed by atoms with Crippen molar-refractivity contribution in [2.75, 3.05) is 5.75 Å². The summed E-state index contributed by atoms with van der Waals surface area (Å²) < 4.78 is 3.76. The number of H-pyrrole nitrogens is 1. The van der Waals surface area contributed by atoms with E-state index in [0.29, 0.717) is 5.16 Å². The average Bonchev–Trinajstić information content (AvgIpc) is 3.34. The predicted octanol–water partition coefficient (Wildman–Crippen LogP) is 3.29. The maximum Gasteiger partial charge on any atom is 0.344 e. The Morgan fingerprint density at radius 1 is 1.27 bits per heavy atom. The molecular formula is C19H20N4O2S. The van der Waals surface area contributed by atoms with E-state index < -0.39 is 0 Å². The van der Waals surface area contributed by atoms with Crippen molar-refractivity contribution in [2.24, 2.45) is 0 Å². The summed E-state index contributed by atoms with van der Waals surface area (Å²) in [5.74, 6) is 0.305. The highest BCUT2D eigenvalue weighted by Crippen LogP contribution is 2.36. The number of aryl methyl sites for hydroxylation is 1. The highest BCUT2D eigenvalue weighted by Gasteiger charge is 2.29. The highest BCUT2D eigenvalue weighted by molar-refractivity contribution is 7.99. The van der Waals surface area contributed by atoms with Gasteiger partial charge >= 0.3 is 5.69 Å². The van der Waals surface area contributed by atoms with E-state index in [1.807, 2.05) is 50.2 Å². The lowest BCUT2D eigenvalue weighted by Crippen LogP contribution is -2.16. The number of aromatic amines is 1. The molecule has 0 aliphatic heterocycles. The number of nitrogens with zero attached hydrogens (tertiary/aromatic N) is 3. The average molecular weight is 368 g/mol. The predicted molar refractivity (Wildman–Crippen MR) is 101 cm³/mol. The van der Waals surface area contributed by atoms with E-state index in [2.05, 4.69) is 14.8 Å². The maximum absolute atomic E-state index is 12.8. The molecule has 3 aromatic rings. The topological polar surface area (TPSA) is 72.7 Å². The van der Waals surface area contributed by atoms with Gasteiger partial charge in [0.2, 0.25) is 0 Å². The number of hydrogen-bond acceptors (Lipinski definition) is 4. The summed E-state index contributed by atoms with van der Waals surface area (Å²) in [5, 5.41) is 7.16. The van der Waals surface area contributed by atoms with E-state index in [1.165, 1.54) is 11.8 Å². The second-order valence-corrected chi connectivity index (χ2v) is 7.52. The zero-order valence-corrected chi connectivity index (χ0v) is 15.5. The van der Waals surface area contributed by atoms with Crippen LogP contribution in [0.3, 0.4) is 0 Å². The third-order valence-electron chi connectivity index (χ3n) is 4.66. The molecule has 1 aliphatic rings. The summed E-state index contributed by atoms with van der Waals surface area (Å²) in [4.78, 5) is 24.6. The van der Waals surface area contributed by atoms with Crippen LogP contribution < -0.4 is 5.69 Å². The molecule has 0 amide bonds. The van der Waals surface area contributed by atoms with Gasteiger partial charge in [0.15, 0.2) is 10.9 Å². The summed E-state index contributed by atoms with van der Waals surface area (Å²) in [6, 6.07) is 12.2. The zero-order valence-electron chi connectivity index (χ0n) is 14.7. The number of nitrogens with one attached hydrogen (secondary N) is 1. The molecule has 7 heteroatoms. The minimum absolute atomic E-state index is 0.0445. The molecule has 0 bridgehead atoms. The highest BCUT2D eigenvalue weighted by atomic mass is 32.2. The van der Waals surface area contributed by atoms with Gasteiger partial charge in [0, 0.05) is 28.7 Å². The molecule has 1 fully saturated rings. The number of Topliss-reactive ketones (excluding diaryl/α,β-unsaturated/α-hetero) is 1. The van der Waals surface area contributed by atoms with Gasteiger partial charge in [-0.15, -0.1) is 5.10 Å². The minimum Gasteiger partial charge on any atom is -0.318 e. The summed E-state index contributed by atoms with van der Waals surface area (Å²) in [7, 11) is 0. The molecule has 1 aromatic carbocycles. The van der Waals surface area contributed by atoms with Crippen molar-refractivity contribution < 1.29 is 4.79 Å². The Bertz CT molecular complexity index is 1010. The lowest BCUT2D eigenvalue weighted by Gasteiger charge is -2.09. The lowest BCUT2D eigenvalue weighted by molar-refractivity contribution is 0.102. The molecule has 0 radical (unpaired) electrons. The molecule has 1 N–H and O–H groups in total. The first-order valence-electron chi connectivity index (χ1n) is 8.63. The number of carbonyl (C=O) groups is 1. The van der Waals surface area contributed by atoms with Crippen molar-refractivity contribution in [3.8, 4) is 5.69 Å². The van der Waals surface area contributed by atoms with E-state index in [1.54, 1.807) is 4.57 Å². The van der Waals surface area contributed by atoms with Gasteiger partial charge in [-0.2, -0.15) is 0 Å². The molecular weight excluding hydrogens is 348 g/mol. The molecule has 134 valence electrons. The van der Waals surface area contributed by atoms with E-state index in [4.69, 9.17) is 0 Å². The van der Waals surface area contributed by atoms with Crippen molar-refractivity contribution in [1.82, 2.24) is 19.3 Å². The molecule has 0 spiro atoms.